The number of aryl methyl sites for hydroxylation is 1. The van der Waals surface area contributed by atoms with E-state index >= 15 is 0 Å². The zero-order valence-corrected chi connectivity index (χ0v) is 11.1. The molecular formula is C16H15FN2O. The summed E-state index contributed by atoms with van der Waals surface area (Å²) in [6.07, 6.45) is 2.99. The van der Waals surface area contributed by atoms with Crippen molar-refractivity contribution in [1.82, 2.24) is 0 Å². The fourth-order valence-electron chi connectivity index (χ4n) is 1.67. The van der Waals surface area contributed by atoms with Gasteiger partial charge in [0.1, 0.15) is 5.82 Å². The van der Waals surface area contributed by atoms with Crippen molar-refractivity contribution < 1.29 is 9.18 Å². The van der Waals surface area contributed by atoms with E-state index in [0.717, 1.165) is 11.1 Å². The molecule has 0 radical (unpaired) electrons. The highest BCUT2D eigenvalue weighted by atomic mass is 19.1. The third-order valence-electron chi connectivity index (χ3n) is 2.75. The Kier molecular flexibility index (Phi) is 4.15. The summed E-state index contributed by atoms with van der Waals surface area (Å²) in [7, 11) is 0. The average molecular weight is 270 g/mol. The van der Waals surface area contributed by atoms with E-state index in [1.54, 1.807) is 49.4 Å². The third kappa shape index (κ3) is 3.68. The minimum absolute atomic E-state index is 0.169. The summed E-state index contributed by atoms with van der Waals surface area (Å²) < 4.78 is 13.6. The molecular weight excluding hydrogens is 255 g/mol. The molecule has 0 unspecified atom stereocenters. The Hall–Kier alpha value is -2.62. The van der Waals surface area contributed by atoms with Gasteiger partial charge in [-0.1, -0.05) is 18.2 Å². The number of rotatable bonds is 3. The van der Waals surface area contributed by atoms with Crippen molar-refractivity contribution in [3.05, 3.63) is 65.5 Å². The maximum Gasteiger partial charge on any atom is 0.248 e. The number of benzene rings is 2. The second-order valence-corrected chi connectivity index (χ2v) is 4.47. The van der Waals surface area contributed by atoms with E-state index in [0.29, 0.717) is 5.69 Å². The molecule has 0 atom stereocenters. The number of amides is 1. The molecule has 1 amide bonds. The van der Waals surface area contributed by atoms with Crippen LogP contribution >= 0.6 is 0 Å². The van der Waals surface area contributed by atoms with Crippen molar-refractivity contribution in [3.8, 4) is 0 Å². The Labute approximate surface area is 116 Å². The van der Waals surface area contributed by atoms with Crippen molar-refractivity contribution in [2.75, 3.05) is 11.1 Å². The van der Waals surface area contributed by atoms with Gasteiger partial charge < -0.3 is 11.1 Å². The fraction of sp³-hybridized carbons (Fsp3) is 0.0625. The van der Waals surface area contributed by atoms with Crippen molar-refractivity contribution >= 4 is 23.4 Å². The maximum absolute atomic E-state index is 13.6. The lowest BCUT2D eigenvalue weighted by Gasteiger charge is -2.04. The van der Waals surface area contributed by atoms with Gasteiger partial charge in [0.2, 0.25) is 5.91 Å². The Morgan fingerprint density at radius 2 is 1.90 bits per heavy atom. The van der Waals surface area contributed by atoms with Crippen LogP contribution in [0.15, 0.2) is 48.5 Å². The van der Waals surface area contributed by atoms with Gasteiger partial charge >= 0.3 is 0 Å². The van der Waals surface area contributed by atoms with E-state index in [-0.39, 0.29) is 11.6 Å². The average Bonchev–Trinajstić information content (AvgIpc) is 2.41. The standard InChI is InChI=1S/C16H15FN2O/c1-11-2-8-15(14(17)10-11)19-16(20)9-5-12-3-6-13(18)7-4-12/h2-10H,18H2,1H3,(H,19,20)/b9-5+. The second kappa shape index (κ2) is 6.02. The molecule has 0 heterocycles. The fourth-order valence-corrected chi connectivity index (χ4v) is 1.67. The zero-order valence-electron chi connectivity index (χ0n) is 11.1. The lowest BCUT2D eigenvalue weighted by Crippen LogP contribution is -2.09. The van der Waals surface area contributed by atoms with Gasteiger partial charge in [0.25, 0.3) is 0 Å². The molecule has 0 fully saturated rings. The summed E-state index contributed by atoms with van der Waals surface area (Å²) in [6.45, 7) is 1.79. The third-order valence-corrected chi connectivity index (χ3v) is 2.75. The first kappa shape index (κ1) is 13.8. The summed E-state index contributed by atoms with van der Waals surface area (Å²) in [5, 5.41) is 2.49. The summed E-state index contributed by atoms with van der Waals surface area (Å²) >= 11 is 0. The number of hydrogen-bond donors (Lipinski definition) is 2. The van der Waals surface area contributed by atoms with Gasteiger partial charge in [0.05, 0.1) is 5.69 Å². The van der Waals surface area contributed by atoms with Crippen LogP contribution in [0.4, 0.5) is 15.8 Å². The van der Waals surface area contributed by atoms with Crippen LogP contribution in [0, 0.1) is 12.7 Å². The Morgan fingerprint density at radius 1 is 1.20 bits per heavy atom. The minimum atomic E-state index is -0.445. The largest absolute Gasteiger partial charge is 0.399 e. The number of carbonyl (C=O) groups is 1. The first-order chi connectivity index (χ1) is 9.54. The summed E-state index contributed by atoms with van der Waals surface area (Å²) in [5.41, 5.74) is 8.05. The monoisotopic (exact) mass is 270 g/mol. The molecule has 0 spiro atoms. The molecule has 2 aromatic carbocycles. The highest BCUT2D eigenvalue weighted by molar-refractivity contribution is 6.02. The molecule has 0 saturated carbocycles. The van der Waals surface area contributed by atoms with Gasteiger partial charge in [-0.25, -0.2) is 4.39 Å². The van der Waals surface area contributed by atoms with Crippen LogP contribution in [0.1, 0.15) is 11.1 Å². The molecule has 2 rings (SSSR count). The molecule has 0 aliphatic heterocycles. The number of nitrogens with two attached hydrogens (primary N) is 1. The highest BCUT2D eigenvalue weighted by Gasteiger charge is 2.04. The van der Waals surface area contributed by atoms with Crippen LogP contribution in [-0.2, 0) is 4.79 Å². The first-order valence-electron chi connectivity index (χ1n) is 6.15. The number of nitrogens with one attached hydrogen (secondary N) is 1. The lowest BCUT2D eigenvalue weighted by atomic mass is 10.2. The SMILES string of the molecule is Cc1ccc(NC(=O)/C=C/c2ccc(N)cc2)c(F)c1. The summed E-state index contributed by atoms with van der Waals surface area (Å²) in [5.74, 6) is -0.830. The van der Waals surface area contributed by atoms with Crippen LogP contribution in [0.5, 0.6) is 0 Å². The quantitative estimate of drug-likeness (QED) is 0.663. The molecule has 4 heteroatoms. The van der Waals surface area contributed by atoms with Gasteiger partial charge in [-0.3, -0.25) is 4.79 Å². The van der Waals surface area contributed by atoms with Crippen LogP contribution < -0.4 is 11.1 Å². The van der Waals surface area contributed by atoms with Crippen molar-refractivity contribution in [3.63, 3.8) is 0 Å². The highest BCUT2D eigenvalue weighted by Crippen LogP contribution is 2.15. The van der Waals surface area contributed by atoms with Gasteiger partial charge in [-0.15, -0.1) is 0 Å². The van der Waals surface area contributed by atoms with Crippen LogP contribution in [0.3, 0.4) is 0 Å². The van der Waals surface area contributed by atoms with E-state index < -0.39 is 5.82 Å². The molecule has 0 aliphatic carbocycles. The van der Waals surface area contributed by atoms with E-state index in [2.05, 4.69) is 5.32 Å². The molecule has 102 valence electrons. The van der Waals surface area contributed by atoms with E-state index in [1.165, 1.54) is 12.1 Å². The molecule has 2 aromatic rings. The summed E-state index contributed by atoms with van der Waals surface area (Å²) in [4.78, 5) is 11.7. The summed E-state index contributed by atoms with van der Waals surface area (Å²) in [6, 6.07) is 11.7. The molecule has 0 saturated heterocycles. The van der Waals surface area contributed by atoms with Crippen LogP contribution in [-0.4, -0.2) is 5.91 Å². The second-order valence-electron chi connectivity index (χ2n) is 4.47. The Balaban J connectivity index is 2.03. The molecule has 0 aliphatic rings. The number of nitrogen functional groups attached to an aromatic ring is 1. The minimum Gasteiger partial charge on any atom is -0.399 e. The zero-order chi connectivity index (χ0) is 14.5. The smallest absolute Gasteiger partial charge is 0.248 e. The number of hydrogen-bond acceptors (Lipinski definition) is 2. The molecule has 3 nitrogen and oxygen atoms in total. The van der Waals surface area contributed by atoms with E-state index in [1.807, 2.05) is 0 Å². The topological polar surface area (TPSA) is 55.1 Å². The number of anilines is 2. The predicted octanol–water partition coefficient (Wildman–Crippen LogP) is 3.37. The van der Waals surface area contributed by atoms with Gasteiger partial charge in [-0.2, -0.15) is 0 Å². The van der Waals surface area contributed by atoms with E-state index in [9.17, 15) is 9.18 Å². The Morgan fingerprint density at radius 3 is 2.55 bits per heavy atom. The van der Waals surface area contributed by atoms with Gasteiger partial charge in [-0.05, 0) is 48.4 Å². The van der Waals surface area contributed by atoms with Crippen molar-refractivity contribution in [2.45, 2.75) is 6.92 Å². The van der Waals surface area contributed by atoms with Crippen LogP contribution in [0.2, 0.25) is 0 Å². The first-order valence-corrected chi connectivity index (χ1v) is 6.15. The van der Waals surface area contributed by atoms with Crippen molar-refractivity contribution in [1.29, 1.82) is 0 Å². The predicted molar refractivity (Wildman–Crippen MR) is 79.7 cm³/mol. The Bertz CT molecular complexity index is 648. The molecule has 20 heavy (non-hydrogen) atoms. The lowest BCUT2D eigenvalue weighted by molar-refractivity contribution is -0.111. The number of halogens is 1. The molecule has 0 aromatic heterocycles. The molecule has 3 N–H and O–H groups in total. The van der Waals surface area contributed by atoms with Gasteiger partial charge in [0, 0.05) is 11.8 Å². The maximum atomic E-state index is 13.6. The normalized spacial score (nSPS) is 10.7. The van der Waals surface area contributed by atoms with E-state index in [4.69, 9.17) is 5.73 Å². The molecule has 0 bridgehead atoms. The van der Waals surface area contributed by atoms with Crippen LogP contribution in [0.25, 0.3) is 6.08 Å². The van der Waals surface area contributed by atoms with Crippen molar-refractivity contribution in [2.24, 2.45) is 0 Å². The number of carbonyl (C=O) groups excluding carboxylic acids is 1. The van der Waals surface area contributed by atoms with Gasteiger partial charge in [0.15, 0.2) is 0 Å².